The Morgan fingerprint density at radius 2 is 1.79 bits per heavy atom. The van der Waals surface area contributed by atoms with E-state index in [-0.39, 0.29) is 4.75 Å². The van der Waals surface area contributed by atoms with Crippen LogP contribution in [0.3, 0.4) is 0 Å². The second kappa shape index (κ2) is 6.11. The van der Waals surface area contributed by atoms with Crippen molar-refractivity contribution in [3.63, 3.8) is 0 Å². The van der Waals surface area contributed by atoms with Gasteiger partial charge in [0.2, 0.25) is 5.88 Å². The smallest absolute Gasteiger partial charge is 0.213 e. The Balaban J connectivity index is 1.92. The molecule has 0 aliphatic rings. The van der Waals surface area contributed by atoms with E-state index in [4.69, 9.17) is 4.74 Å². The highest BCUT2D eigenvalue weighted by Gasteiger charge is 2.12. The molecule has 2 rings (SSSR count). The first kappa shape index (κ1) is 13.9. The zero-order valence-corrected chi connectivity index (χ0v) is 12.4. The van der Waals surface area contributed by atoms with E-state index >= 15 is 0 Å². The lowest BCUT2D eigenvalue weighted by Gasteiger charge is -2.17. The van der Waals surface area contributed by atoms with Crippen LogP contribution in [0.5, 0.6) is 5.88 Å². The molecule has 0 spiro atoms. The molecule has 0 N–H and O–H groups in total. The molecule has 19 heavy (non-hydrogen) atoms. The molecule has 0 unspecified atom stereocenters. The molecule has 100 valence electrons. The molecule has 2 aromatic rings. The molecule has 0 saturated heterocycles. The summed E-state index contributed by atoms with van der Waals surface area (Å²) in [5.41, 5.74) is 1.15. The van der Waals surface area contributed by atoms with Gasteiger partial charge in [-0.25, -0.2) is 4.98 Å². The normalized spacial score (nSPS) is 11.3. The standard InChI is InChI=1S/C16H19NOS/c1-16(2,3)19-14-9-10-15(17-11-14)18-12-13-7-5-4-6-8-13/h4-11H,12H2,1-3H3. The topological polar surface area (TPSA) is 22.1 Å². The monoisotopic (exact) mass is 273 g/mol. The van der Waals surface area contributed by atoms with Crippen LogP contribution in [0.4, 0.5) is 0 Å². The van der Waals surface area contributed by atoms with Crippen molar-refractivity contribution in [3.8, 4) is 5.88 Å². The van der Waals surface area contributed by atoms with E-state index in [1.54, 1.807) is 11.8 Å². The summed E-state index contributed by atoms with van der Waals surface area (Å²) < 4.78 is 5.86. The van der Waals surface area contributed by atoms with Crippen LogP contribution in [0.25, 0.3) is 0 Å². The molecule has 1 heterocycles. The highest BCUT2D eigenvalue weighted by atomic mass is 32.2. The van der Waals surface area contributed by atoms with Crippen LogP contribution in [-0.4, -0.2) is 9.73 Å². The number of aromatic nitrogens is 1. The van der Waals surface area contributed by atoms with E-state index in [1.807, 2.05) is 42.6 Å². The first-order chi connectivity index (χ1) is 9.03. The number of hydrogen-bond donors (Lipinski definition) is 0. The Morgan fingerprint density at radius 1 is 1.05 bits per heavy atom. The van der Waals surface area contributed by atoms with Crippen molar-refractivity contribution >= 4 is 11.8 Å². The highest BCUT2D eigenvalue weighted by Crippen LogP contribution is 2.31. The SMILES string of the molecule is CC(C)(C)Sc1ccc(OCc2ccccc2)nc1. The molecule has 2 nitrogen and oxygen atoms in total. The summed E-state index contributed by atoms with van der Waals surface area (Å²) in [6, 6.07) is 14.1. The zero-order valence-electron chi connectivity index (χ0n) is 11.6. The van der Waals surface area contributed by atoms with E-state index in [0.29, 0.717) is 12.5 Å². The molecule has 0 amide bonds. The average molecular weight is 273 g/mol. The molecule has 3 heteroatoms. The Hall–Kier alpha value is -1.48. The van der Waals surface area contributed by atoms with Crippen LogP contribution in [0.2, 0.25) is 0 Å². The predicted octanol–water partition coefficient (Wildman–Crippen LogP) is 4.55. The number of benzene rings is 1. The summed E-state index contributed by atoms with van der Waals surface area (Å²) >= 11 is 1.81. The van der Waals surface area contributed by atoms with Gasteiger partial charge in [0.05, 0.1) is 0 Å². The molecule has 0 radical (unpaired) electrons. The fourth-order valence-electron chi connectivity index (χ4n) is 1.60. The fourth-order valence-corrected chi connectivity index (χ4v) is 2.55. The number of pyridine rings is 1. The zero-order chi connectivity index (χ0) is 13.7. The molecule has 0 saturated carbocycles. The van der Waals surface area contributed by atoms with Crippen LogP contribution in [0.15, 0.2) is 53.6 Å². The maximum absolute atomic E-state index is 5.66. The highest BCUT2D eigenvalue weighted by molar-refractivity contribution is 8.00. The van der Waals surface area contributed by atoms with Crippen molar-refractivity contribution in [1.29, 1.82) is 0 Å². The summed E-state index contributed by atoms with van der Waals surface area (Å²) in [6.07, 6.45) is 1.87. The van der Waals surface area contributed by atoms with Gasteiger partial charge in [-0.15, -0.1) is 11.8 Å². The lowest BCUT2D eigenvalue weighted by atomic mass is 10.2. The first-order valence-electron chi connectivity index (χ1n) is 6.35. The number of nitrogens with zero attached hydrogens (tertiary/aromatic N) is 1. The van der Waals surface area contributed by atoms with Crippen LogP contribution in [0.1, 0.15) is 26.3 Å². The minimum absolute atomic E-state index is 0.202. The summed E-state index contributed by atoms with van der Waals surface area (Å²) in [6.45, 7) is 7.13. The van der Waals surface area contributed by atoms with Crippen molar-refractivity contribution in [2.45, 2.75) is 37.0 Å². The quantitative estimate of drug-likeness (QED) is 0.763. The molecule has 1 aromatic heterocycles. The van der Waals surface area contributed by atoms with Gasteiger partial charge in [0.25, 0.3) is 0 Å². The van der Waals surface area contributed by atoms with Gasteiger partial charge in [-0.1, -0.05) is 51.1 Å². The van der Waals surface area contributed by atoms with Crippen LogP contribution < -0.4 is 4.74 Å². The number of rotatable bonds is 4. The number of thioether (sulfide) groups is 1. The van der Waals surface area contributed by atoms with Crippen molar-refractivity contribution in [2.75, 3.05) is 0 Å². The third-order valence-corrected chi connectivity index (χ3v) is 3.45. The summed E-state index contributed by atoms with van der Waals surface area (Å²) in [7, 11) is 0. The summed E-state index contributed by atoms with van der Waals surface area (Å²) in [4.78, 5) is 5.50. The van der Waals surface area contributed by atoms with Crippen molar-refractivity contribution in [3.05, 3.63) is 54.2 Å². The van der Waals surface area contributed by atoms with Gasteiger partial charge in [-0.05, 0) is 11.6 Å². The Bertz CT molecular complexity index is 503. The maximum atomic E-state index is 5.66. The Kier molecular flexibility index (Phi) is 4.48. The van der Waals surface area contributed by atoms with Gasteiger partial charge in [0.15, 0.2) is 0 Å². The maximum Gasteiger partial charge on any atom is 0.213 e. The van der Waals surface area contributed by atoms with Gasteiger partial charge >= 0.3 is 0 Å². The molecule has 0 aliphatic heterocycles. The molecule has 0 atom stereocenters. The Labute approximate surface area is 119 Å². The third-order valence-electron chi connectivity index (χ3n) is 2.36. The van der Waals surface area contributed by atoms with Crippen molar-refractivity contribution in [2.24, 2.45) is 0 Å². The van der Waals surface area contributed by atoms with Crippen molar-refractivity contribution in [1.82, 2.24) is 4.98 Å². The molecule has 0 bridgehead atoms. The molecule has 0 fully saturated rings. The van der Waals surface area contributed by atoms with Crippen molar-refractivity contribution < 1.29 is 4.74 Å². The van der Waals surface area contributed by atoms with E-state index in [2.05, 4.69) is 31.8 Å². The van der Waals surface area contributed by atoms with Gasteiger partial charge in [-0.3, -0.25) is 0 Å². The summed E-state index contributed by atoms with van der Waals surface area (Å²) in [5, 5.41) is 0. The van der Waals surface area contributed by atoms with Gasteiger partial charge in [-0.2, -0.15) is 0 Å². The predicted molar refractivity (Wildman–Crippen MR) is 80.6 cm³/mol. The number of ether oxygens (including phenoxy) is 1. The molecular weight excluding hydrogens is 254 g/mol. The minimum atomic E-state index is 0.202. The van der Waals surface area contributed by atoms with E-state index < -0.39 is 0 Å². The van der Waals surface area contributed by atoms with E-state index in [1.165, 1.54) is 4.90 Å². The lowest BCUT2D eigenvalue weighted by molar-refractivity contribution is 0.293. The second-order valence-corrected chi connectivity index (χ2v) is 7.22. The third kappa shape index (κ3) is 4.95. The Morgan fingerprint density at radius 3 is 2.37 bits per heavy atom. The fraction of sp³-hybridized carbons (Fsp3) is 0.312. The van der Waals surface area contributed by atoms with Crippen LogP contribution in [-0.2, 0) is 6.61 Å². The lowest BCUT2D eigenvalue weighted by Crippen LogP contribution is -2.06. The first-order valence-corrected chi connectivity index (χ1v) is 7.16. The minimum Gasteiger partial charge on any atom is -0.473 e. The second-order valence-electron chi connectivity index (χ2n) is 5.32. The van der Waals surface area contributed by atoms with Gasteiger partial charge < -0.3 is 4.74 Å². The van der Waals surface area contributed by atoms with Crippen LogP contribution >= 0.6 is 11.8 Å². The van der Waals surface area contributed by atoms with E-state index in [0.717, 1.165) is 5.56 Å². The largest absolute Gasteiger partial charge is 0.473 e. The van der Waals surface area contributed by atoms with Gasteiger partial charge in [0, 0.05) is 21.9 Å². The van der Waals surface area contributed by atoms with E-state index in [9.17, 15) is 0 Å². The molecule has 0 aliphatic carbocycles. The van der Waals surface area contributed by atoms with Gasteiger partial charge in [0.1, 0.15) is 6.61 Å². The molecule has 1 aromatic carbocycles. The number of hydrogen-bond acceptors (Lipinski definition) is 3. The summed E-state index contributed by atoms with van der Waals surface area (Å²) in [5.74, 6) is 0.669. The van der Waals surface area contributed by atoms with Crippen LogP contribution in [0, 0.1) is 0 Å². The average Bonchev–Trinajstić information content (AvgIpc) is 2.37. The molecular formula is C16H19NOS.